The van der Waals surface area contributed by atoms with Gasteiger partial charge in [0.2, 0.25) is 5.91 Å². The van der Waals surface area contributed by atoms with Crippen LogP contribution in [0.25, 0.3) is 0 Å². The molecule has 45 heavy (non-hydrogen) atoms. The zero-order valence-corrected chi connectivity index (χ0v) is 26.0. The average molecular weight is 624 g/mol. The fourth-order valence-corrected chi connectivity index (χ4v) is 6.29. The Bertz CT molecular complexity index is 1750. The molecule has 0 spiro atoms. The van der Waals surface area contributed by atoms with E-state index in [1.807, 2.05) is 71.6 Å². The van der Waals surface area contributed by atoms with Crippen molar-refractivity contribution in [2.75, 3.05) is 23.3 Å². The van der Waals surface area contributed by atoms with Crippen LogP contribution < -0.4 is 20.3 Å². The first-order valence-electron chi connectivity index (χ1n) is 15.1. The molecular formula is C37H35ClFN3O3. The maximum absolute atomic E-state index is 15.2. The minimum Gasteiger partial charge on any atom is -0.454 e. The first-order chi connectivity index (χ1) is 21.7. The van der Waals surface area contributed by atoms with Crippen LogP contribution in [-0.2, 0) is 16.0 Å². The van der Waals surface area contributed by atoms with Crippen molar-refractivity contribution in [3.8, 4) is 11.5 Å². The molecule has 0 saturated heterocycles. The van der Waals surface area contributed by atoms with Crippen molar-refractivity contribution < 1.29 is 18.7 Å². The number of carbonyl (C=O) groups excluding carboxylic acids is 2. The number of ether oxygens (including phenoxy) is 1. The summed E-state index contributed by atoms with van der Waals surface area (Å²) in [6.07, 6.45) is 1.65. The number of halogens is 2. The van der Waals surface area contributed by atoms with Gasteiger partial charge < -0.3 is 20.3 Å². The van der Waals surface area contributed by atoms with Crippen LogP contribution in [0.1, 0.15) is 43.9 Å². The number of nitrogens with zero attached hydrogens (tertiary/aromatic N) is 1. The molecule has 4 aromatic rings. The minimum absolute atomic E-state index is 0.00504. The van der Waals surface area contributed by atoms with E-state index < -0.39 is 11.9 Å². The lowest BCUT2D eigenvalue weighted by molar-refractivity contribution is -0.120. The summed E-state index contributed by atoms with van der Waals surface area (Å²) < 4.78 is 21.1. The van der Waals surface area contributed by atoms with Gasteiger partial charge in [-0.2, -0.15) is 0 Å². The number of rotatable bonds is 8. The summed E-state index contributed by atoms with van der Waals surface area (Å²) in [7, 11) is 0. The third kappa shape index (κ3) is 6.89. The molecule has 6 rings (SSSR count). The zero-order chi connectivity index (χ0) is 31.6. The van der Waals surface area contributed by atoms with Gasteiger partial charge in [0.25, 0.3) is 0 Å². The number of hydrogen-bond donors (Lipinski definition) is 2. The minimum atomic E-state index is -0.666. The lowest BCUT2D eigenvalue weighted by Gasteiger charge is -2.38. The van der Waals surface area contributed by atoms with E-state index in [-0.39, 0.29) is 29.4 Å². The van der Waals surface area contributed by atoms with Crippen LogP contribution in [0.4, 0.5) is 15.8 Å². The highest BCUT2D eigenvalue weighted by Crippen LogP contribution is 2.48. The van der Waals surface area contributed by atoms with E-state index >= 15 is 4.39 Å². The van der Waals surface area contributed by atoms with Gasteiger partial charge in [0, 0.05) is 29.3 Å². The molecule has 230 valence electrons. The molecular weight excluding hydrogens is 589 g/mol. The monoisotopic (exact) mass is 623 g/mol. The Morgan fingerprint density at radius 1 is 1.00 bits per heavy atom. The van der Waals surface area contributed by atoms with Crippen LogP contribution >= 0.6 is 11.6 Å². The Balaban J connectivity index is 1.39. The second kappa shape index (κ2) is 12.8. The number of ketones is 1. The van der Waals surface area contributed by atoms with Gasteiger partial charge in [-0.25, -0.2) is 4.39 Å². The van der Waals surface area contributed by atoms with Crippen molar-refractivity contribution in [1.82, 2.24) is 5.32 Å². The second-order valence-electron chi connectivity index (χ2n) is 12.3. The summed E-state index contributed by atoms with van der Waals surface area (Å²) in [6.45, 7) is 4.57. The van der Waals surface area contributed by atoms with E-state index in [2.05, 4.69) is 24.5 Å². The van der Waals surface area contributed by atoms with Crippen LogP contribution in [0.5, 0.6) is 11.5 Å². The van der Waals surface area contributed by atoms with E-state index in [1.54, 1.807) is 24.3 Å². The predicted molar refractivity (Wildman–Crippen MR) is 176 cm³/mol. The maximum Gasteiger partial charge on any atom is 0.239 e. The van der Waals surface area contributed by atoms with Gasteiger partial charge in [-0.05, 0) is 77.9 Å². The quantitative estimate of drug-likeness (QED) is 0.207. The lowest BCUT2D eigenvalue weighted by atomic mass is 9.73. The second-order valence-corrected chi connectivity index (χ2v) is 12.8. The van der Waals surface area contributed by atoms with Crippen molar-refractivity contribution in [3.63, 3.8) is 0 Å². The molecule has 1 amide bonds. The van der Waals surface area contributed by atoms with E-state index in [0.29, 0.717) is 47.7 Å². The smallest absolute Gasteiger partial charge is 0.239 e. The number of fused-ring (bicyclic) bond motifs is 1. The highest BCUT2D eigenvalue weighted by Gasteiger charge is 2.42. The fourth-order valence-electron chi connectivity index (χ4n) is 6.17. The highest BCUT2D eigenvalue weighted by atomic mass is 35.5. The number of amides is 1. The van der Waals surface area contributed by atoms with E-state index in [1.165, 1.54) is 6.07 Å². The third-order valence-corrected chi connectivity index (χ3v) is 8.46. The van der Waals surface area contributed by atoms with Gasteiger partial charge in [-0.15, -0.1) is 0 Å². The molecule has 0 radical (unpaired) electrons. The van der Waals surface area contributed by atoms with Gasteiger partial charge >= 0.3 is 0 Å². The molecule has 2 N–H and O–H groups in total. The van der Waals surface area contributed by atoms with Gasteiger partial charge in [0.15, 0.2) is 17.3 Å². The molecule has 0 fully saturated rings. The molecule has 1 unspecified atom stereocenters. The van der Waals surface area contributed by atoms with Crippen molar-refractivity contribution >= 4 is 34.7 Å². The van der Waals surface area contributed by atoms with Crippen LogP contribution in [0.3, 0.4) is 0 Å². The number of carbonyl (C=O) groups is 2. The SMILES string of the molecule is CC1(C)CC(=O)C2=C(C1)Nc1ccccc1N(CC(=O)NCCc1ccc(Cl)cc1)C2c1ccc(F)c(Oc2ccccc2)c1. The van der Waals surface area contributed by atoms with Crippen molar-refractivity contribution in [2.24, 2.45) is 5.41 Å². The van der Waals surface area contributed by atoms with Crippen molar-refractivity contribution in [2.45, 2.75) is 39.2 Å². The van der Waals surface area contributed by atoms with Gasteiger partial charge in [-0.3, -0.25) is 9.59 Å². The number of benzene rings is 4. The molecule has 8 heteroatoms. The molecule has 0 aromatic heterocycles. The molecule has 1 aliphatic carbocycles. The molecule has 1 atom stereocenters. The largest absolute Gasteiger partial charge is 0.454 e. The summed E-state index contributed by atoms with van der Waals surface area (Å²) in [5.74, 6) is -0.184. The lowest BCUT2D eigenvalue weighted by Crippen LogP contribution is -2.42. The Labute approximate surface area is 267 Å². The third-order valence-electron chi connectivity index (χ3n) is 8.21. The summed E-state index contributed by atoms with van der Waals surface area (Å²) in [6, 6.07) is 28.3. The predicted octanol–water partition coefficient (Wildman–Crippen LogP) is 8.25. The van der Waals surface area contributed by atoms with Crippen LogP contribution in [0, 0.1) is 11.2 Å². The normalized spacial score (nSPS) is 17.1. The molecule has 1 heterocycles. The Kier molecular flexibility index (Phi) is 8.63. The molecule has 1 aliphatic heterocycles. The Morgan fingerprint density at radius 3 is 2.51 bits per heavy atom. The molecule has 0 bridgehead atoms. The summed E-state index contributed by atoms with van der Waals surface area (Å²) in [5, 5.41) is 7.26. The van der Waals surface area contributed by atoms with Crippen molar-refractivity contribution in [3.05, 3.63) is 130 Å². The summed E-state index contributed by atoms with van der Waals surface area (Å²) in [5.41, 5.74) is 4.42. The number of allylic oxidation sites excluding steroid dienone is 1. The van der Waals surface area contributed by atoms with E-state index in [0.717, 1.165) is 22.6 Å². The maximum atomic E-state index is 15.2. The number of Topliss-reactive ketones (excluding diaryl/α,β-unsaturated/α-hetero) is 1. The van der Waals surface area contributed by atoms with Gasteiger partial charge in [0.05, 0.1) is 24.0 Å². The first-order valence-corrected chi connectivity index (χ1v) is 15.5. The number of hydrogen-bond acceptors (Lipinski definition) is 5. The van der Waals surface area contributed by atoms with Crippen molar-refractivity contribution in [1.29, 1.82) is 0 Å². The van der Waals surface area contributed by atoms with Crippen LogP contribution in [-0.4, -0.2) is 24.8 Å². The van der Waals surface area contributed by atoms with E-state index in [4.69, 9.17) is 16.3 Å². The summed E-state index contributed by atoms with van der Waals surface area (Å²) in [4.78, 5) is 29.5. The molecule has 0 saturated carbocycles. The first kappa shape index (κ1) is 30.4. The van der Waals surface area contributed by atoms with Gasteiger partial charge in [-0.1, -0.05) is 74.0 Å². The summed E-state index contributed by atoms with van der Waals surface area (Å²) >= 11 is 6.02. The number of para-hydroxylation sites is 3. The number of anilines is 2. The van der Waals surface area contributed by atoms with Gasteiger partial charge in [0.1, 0.15) is 5.75 Å². The molecule has 2 aliphatic rings. The topological polar surface area (TPSA) is 70.7 Å². The van der Waals surface area contributed by atoms with Crippen LogP contribution in [0.2, 0.25) is 5.02 Å². The standard InChI is InChI=1S/C37H35ClFN3O3/c1-37(2)21-30-35(32(43)22-37)36(25-14-17-28(39)33(20-25)45-27-8-4-3-5-9-27)42(31-11-7-6-10-29(31)41-30)23-34(44)40-19-18-24-12-15-26(38)16-13-24/h3-17,20,36,41H,18-19,21-23H2,1-2H3,(H,40,44). The van der Waals surface area contributed by atoms with E-state index in [9.17, 15) is 9.59 Å². The Hall–Kier alpha value is -4.62. The fraction of sp³-hybridized carbons (Fsp3) is 0.243. The average Bonchev–Trinajstić information content (AvgIpc) is 3.13. The molecule has 4 aromatic carbocycles. The number of nitrogens with one attached hydrogen (secondary N) is 2. The zero-order valence-electron chi connectivity index (χ0n) is 25.3. The highest BCUT2D eigenvalue weighted by molar-refractivity contribution is 6.30. The Morgan fingerprint density at radius 2 is 1.73 bits per heavy atom. The molecule has 6 nitrogen and oxygen atoms in total. The van der Waals surface area contributed by atoms with Crippen LogP contribution in [0.15, 0.2) is 108 Å².